The fraction of sp³-hybridized carbons (Fsp3) is 0.316. The molecule has 0 unspecified atom stereocenters. The maximum Gasteiger partial charge on any atom is 0.100 e. The van der Waals surface area contributed by atoms with E-state index in [1.165, 1.54) is 18.4 Å². The van der Waals surface area contributed by atoms with Crippen LogP contribution in [0.25, 0.3) is 17.8 Å². The van der Waals surface area contributed by atoms with Gasteiger partial charge < -0.3 is 5.32 Å². The topological polar surface area (TPSA) is 29.9 Å². The molecule has 3 heteroatoms. The molecule has 22 heavy (non-hydrogen) atoms. The fourth-order valence-electron chi connectivity index (χ4n) is 3.19. The Morgan fingerprint density at radius 2 is 2.05 bits per heavy atom. The van der Waals surface area contributed by atoms with Crippen molar-refractivity contribution < 1.29 is 0 Å². The molecule has 1 aliphatic rings. The third-order valence-corrected chi connectivity index (χ3v) is 4.39. The van der Waals surface area contributed by atoms with E-state index >= 15 is 0 Å². The molecule has 1 saturated heterocycles. The van der Waals surface area contributed by atoms with Crippen LogP contribution in [0.5, 0.6) is 0 Å². The van der Waals surface area contributed by atoms with Gasteiger partial charge >= 0.3 is 0 Å². The average molecular weight is 293 g/mol. The summed E-state index contributed by atoms with van der Waals surface area (Å²) in [5.74, 6) is 0.793. The maximum absolute atomic E-state index is 4.39. The van der Waals surface area contributed by atoms with E-state index in [0.29, 0.717) is 0 Å². The summed E-state index contributed by atoms with van der Waals surface area (Å²) in [7, 11) is 0. The van der Waals surface area contributed by atoms with Crippen molar-refractivity contribution in [2.75, 3.05) is 13.1 Å². The van der Waals surface area contributed by atoms with Crippen LogP contribution in [0.1, 0.15) is 29.8 Å². The summed E-state index contributed by atoms with van der Waals surface area (Å²) in [5, 5.41) is 3.43. The van der Waals surface area contributed by atoms with Crippen LogP contribution in [0.2, 0.25) is 0 Å². The first-order valence-corrected chi connectivity index (χ1v) is 7.94. The van der Waals surface area contributed by atoms with Gasteiger partial charge in [0.15, 0.2) is 0 Å². The van der Waals surface area contributed by atoms with Crippen molar-refractivity contribution in [3.8, 4) is 5.69 Å². The van der Waals surface area contributed by atoms with Gasteiger partial charge in [0, 0.05) is 5.69 Å². The van der Waals surface area contributed by atoms with Crippen molar-refractivity contribution in [2.24, 2.45) is 5.92 Å². The highest BCUT2D eigenvalue weighted by atomic mass is 15.1. The lowest BCUT2D eigenvalue weighted by atomic mass is 9.91. The Labute approximate surface area is 132 Å². The smallest absolute Gasteiger partial charge is 0.100 e. The monoisotopic (exact) mass is 293 g/mol. The highest BCUT2D eigenvalue weighted by Gasteiger charge is 2.14. The Balaban J connectivity index is 1.86. The molecule has 1 aromatic carbocycles. The van der Waals surface area contributed by atoms with E-state index < -0.39 is 0 Å². The molecular weight excluding hydrogens is 270 g/mol. The van der Waals surface area contributed by atoms with Crippen LogP contribution < -0.4 is 5.32 Å². The van der Waals surface area contributed by atoms with Gasteiger partial charge in [0.2, 0.25) is 0 Å². The third-order valence-electron chi connectivity index (χ3n) is 4.39. The van der Waals surface area contributed by atoms with Gasteiger partial charge in [-0.3, -0.25) is 4.57 Å². The molecule has 2 aromatic rings. The Kier molecular flexibility index (Phi) is 4.54. The number of hydrogen-bond donors (Lipinski definition) is 1. The van der Waals surface area contributed by atoms with Gasteiger partial charge in [-0.1, -0.05) is 25.3 Å². The van der Waals surface area contributed by atoms with E-state index in [2.05, 4.69) is 52.3 Å². The summed E-state index contributed by atoms with van der Waals surface area (Å²) in [5.41, 5.74) is 4.41. The summed E-state index contributed by atoms with van der Waals surface area (Å²) < 4.78 is 2.08. The minimum absolute atomic E-state index is 0.793. The number of aromatic nitrogens is 2. The highest BCUT2D eigenvalue weighted by molar-refractivity contribution is 5.60. The molecule has 114 valence electrons. The van der Waals surface area contributed by atoms with Crippen molar-refractivity contribution in [2.45, 2.75) is 19.3 Å². The molecule has 0 spiro atoms. The molecule has 0 aliphatic carbocycles. The Morgan fingerprint density at radius 1 is 1.23 bits per heavy atom. The second-order valence-electron chi connectivity index (χ2n) is 5.86. The van der Waals surface area contributed by atoms with Crippen LogP contribution >= 0.6 is 0 Å². The zero-order chi connectivity index (χ0) is 15.4. The Morgan fingerprint density at radius 3 is 2.77 bits per heavy atom. The van der Waals surface area contributed by atoms with Crippen molar-refractivity contribution in [1.82, 2.24) is 14.9 Å². The summed E-state index contributed by atoms with van der Waals surface area (Å²) in [6.07, 6.45) is 9.15. The van der Waals surface area contributed by atoms with Crippen molar-refractivity contribution in [3.63, 3.8) is 0 Å². The van der Waals surface area contributed by atoms with Crippen LogP contribution in [-0.4, -0.2) is 22.6 Å². The predicted molar refractivity (Wildman–Crippen MR) is 93.0 cm³/mol. The molecule has 0 radical (unpaired) electrons. The maximum atomic E-state index is 4.39. The van der Waals surface area contributed by atoms with E-state index in [9.17, 15) is 0 Å². The summed E-state index contributed by atoms with van der Waals surface area (Å²) in [6.45, 7) is 10.0. The largest absolute Gasteiger partial charge is 0.317 e. The lowest BCUT2D eigenvalue weighted by Gasteiger charge is -2.22. The van der Waals surface area contributed by atoms with Gasteiger partial charge in [-0.2, -0.15) is 0 Å². The predicted octanol–water partition coefficient (Wildman–Crippen LogP) is 3.70. The lowest BCUT2D eigenvalue weighted by Crippen LogP contribution is -2.28. The van der Waals surface area contributed by atoms with Crippen LogP contribution in [0.15, 0.2) is 43.8 Å². The first-order chi connectivity index (χ1) is 10.8. The van der Waals surface area contributed by atoms with Gasteiger partial charge in [0.25, 0.3) is 0 Å². The summed E-state index contributed by atoms with van der Waals surface area (Å²) >= 11 is 0. The first-order valence-electron chi connectivity index (χ1n) is 7.94. The van der Waals surface area contributed by atoms with E-state index in [-0.39, 0.29) is 0 Å². The molecule has 3 nitrogen and oxygen atoms in total. The molecule has 1 fully saturated rings. The van der Waals surface area contributed by atoms with Crippen LogP contribution in [0, 0.1) is 5.92 Å². The van der Waals surface area contributed by atoms with Gasteiger partial charge in [-0.15, -0.1) is 0 Å². The average Bonchev–Trinajstić information content (AvgIpc) is 2.99. The number of nitrogens with zero attached hydrogens (tertiary/aromatic N) is 2. The Hall–Kier alpha value is -2.13. The molecule has 3 rings (SSSR count). The minimum Gasteiger partial charge on any atom is -0.317 e. The van der Waals surface area contributed by atoms with Crippen molar-refractivity contribution in [3.05, 3.63) is 60.7 Å². The van der Waals surface area contributed by atoms with Crippen LogP contribution in [0.4, 0.5) is 0 Å². The molecule has 2 heterocycles. The quantitative estimate of drug-likeness (QED) is 0.911. The number of piperidine rings is 1. The molecule has 1 aliphatic heterocycles. The second kappa shape index (κ2) is 6.75. The van der Waals surface area contributed by atoms with Crippen molar-refractivity contribution in [1.29, 1.82) is 0 Å². The molecule has 0 atom stereocenters. The Bertz CT molecular complexity index is 663. The number of benzene rings is 1. The number of rotatable bonds is 5. The first kappa shape index (κ1) is 14.8. The minimum atomic E-state index is 0.793. The standard InChI is InChI=1S/C19H23N3/c1-3-18-19(4-2)22(14-21-18)17-7-5-6-16(13-17)12-15-8-10-20-11-9-15/h3-7,13-15,20H,1-2,8-12H2. The number of hydrogen-bond acceptors (Lipinski definition) is 2. The van der Waals surface area contributed by atoms with Crippen molar-refractivity contribution >= 4 is 12.2 Å². The van der Waals surface area contributed by atoms with Gasteiger partial charge in [-0.05, 0) is 68.1 Å². The second-order valence-corrected chi connectivity index (χ2v) is 5.86. The fourth-order valence-corrected chi connectivity index (χ4v) is 3.19. The highest BCUT2D eigenvalue weighted by Crippen LogP contribution is 2.22. The molecule has 0 amide bonds. The molecule has 1 aromatic heterocycles. The summed E-state index contributed by atoms with van der Waals surface area (Å²) in [4.78, 5) is 4.39. The molecule has 1 N–H and O–H groups in total. The normalized spacial score (nSPS) is 15.6. The van der Waals surface area contributed by atoms with Crippen LogP contribution in [0.3, 0.4) is 0 Å². The van der Waals surface area contributed by atoms with E-state index in [1.54, 1.807) is 6.08 Å². The van der Waals surface area contributed by atoms with Crippen LogP contribution in [-0.2, 0) is 6.42 Å². The summed E-state index contributed by atoms with van der Waals surface area (Å²) in [6, 6.07) is 8.74. The van der Waals surface area contributed by atoms with E-state index in [0.717, 1.165) is 42.5 Å². The molecule has 0 saturated carbocycles. The zero-order valence-corrected chi connectivity index (χ0v) is 13.0. The lowest BCUT2D eigenvalue weighted by molar-refractivity contribution is 0.372. The number of imidazole rings is 1. The number of nitrogens with one attached hydrogen (secondary N) is 1. The van der Waals surface area contributed by atoms with Gasteiger partial charge in [0.05, 0.1) is 11.4 Å². The molecule has 0 bridgehead atoms. The third kappa shape index (κ3) is 3.04. The van der Waals surface area contributed by atoms with Gasteiger partial charge in [0.1, 0.15) is 6.33 Å². The zero-order valence-electron chi connectivity index (χ0n) is 13.0. The molecular formula is C19H23N3. The van der Waals surface area contributed by atoms with E-state index in [4.69, 9.17) is 0 Å². The van der Waals surface area contributed by atoms with Gasteiger partial charge in [-0.25, -0.2) is 4.98 Å². The SMILES string of the molecule is C=Cc1ncn(-c2cccc(CC3CCNCC3)c2)c1C=C. The van der Waals surface area contributed by atoms with E-state index in [1.807, 2.05) is 12.4 Å².